The number of fused-ring (bicyclic) bond motifs is 1. The van der Waals surface area contributed by atoms with Gasteiger partial charge in [-0.2, -0.15) is 9.36 Å². The Balaban J connectivity index is 1.43. The summed E-state index contributed by atoms with van der Waals surface area (Å²) in [6.45, 7) is 0.408. The van der Waals surface area contributed by atoms with E-state index in [9.17, 15) is 24.3 Å². The fourth-order valence-electron chi connectivity index (χ4n) is 3.70. The number of carbonyl (C=O) groups excluding carboxylic acids is 3. The normalized spacial score (nSPS) is 19.1. The summed E-state index contributed by atoms with van der Waals surface area (Å²) < 4.78 is 5.75. The number of hydrogen-bond donors (Lipinski definition) is 3. The van der Waals surface area contributed by atoms with Crippen molar-refractivity contribution in [3.05, 3.63) is 53.8 Å². The topological polar surface area (TPSA) is 204 Å². The molecular formula is C22H21N7O7S3. The van der Waals surface area contributed by atoms with E-state index in [4.69, 9.17) is 15.7 Å². The highest BCUT2D eigenvalue weighted by atomic mass is 32.2. The molecule has 0 bridgehead atoms. The van der Waals surface area contributed by atoms with Crippen molar-refractivity contribution in [2.45, 2.75) is 22.9 Å². The second-order valence-electron chi connectivity index (χ2n) is 7.92. The van der Waals surface area contributed by atoms with Crippen molar-refractivity contribution in [2.75, 3.05) is 24.3 Å². The van der Waals surface area contributed by atoms with Crippen molar-refractivity contribution >= 4 is 69.7 Å². The smallest absolute Gasteiger partial charge is 0.313 e. The summed E-state index contributed by atoms with van der Waals surface area (Å²) in [5.74, 6) is -3.64. The first-order valence-corrected chi connectivity index (χ1v) is 13.9. The number of β-lactam (4-membered cyclic amide) rings is 1. The van der Waals surface area contributed by atoms with Gasteiger partial charge in [-0.3, -0.25) is 19.3 Å². The van der Waals surface area contributed by atoms with Crippen LogP contribution in [0, 0.1) is 0 Å². The molecular weight excluding hydrogens is 570 g/mol. The summed E-state index contributed by atoms with van der Waals surface area (Å²) >= 11 is 3.35. The molecule has 204 valence electrons. The van der Waals surface area contributed by atoms with Gasteiger partial charge in [-0.15, -0.1) is 23.5 Å². The van der Waals surface area contributed by atoms with Crippen LogP contribution < -0.4 is 20.7 Å². The molecule has 0 spiro atoms. The number of rotatable bonds is 11. The molecule has 4 rings (SSSR count). The van der Waals surface area contributed by atoms with Crippen LogP contribution in [0.5, 0.6) is 0 Å². The Kier molecular flexibility index (Phi) is 8.82. The monoisotopic (exact) mass is 591 g/mol. The summed E-state index contributed by atoms with van der Waals surface area (Å²) in [7, 11) is 1.23. The molecule has 0 aliphatic carbocycles. The van der Waals surface area contributed by atoms with Gasteiger partial charge in [0, 0.05) is 34.3 Å². The maximum absolute atomic E-state index is 12.9. The Morgan fingerprint density at radius 3 is 2.77 bits per heavy atom. The highest BCUT2D eigenvalue weighted by Gasteiger charge is 2.53. The molecule has 14 nitrogen and oxygen atoms in total. The molecule has 39 heavy (non-hydrogen) atoms. The average Bonchev–Trinajstić information content (AvgIpc) is 3.34. The first-order valence-electron chi connectivity index (χ1n) is 11.1. The number of amides is 2. The van der Waals surface area contributed by atoms with Gasteiger partial charge < -0.3 is 30.9 Å². The molecule has 2 aromatic rings. The number of nitrogens with two attached hydrogens (primary N) is 1. The van der Waals surface area contributed by atoms with E-state index in [1.54, 1.807) is 36.7 Å². The van der Waals surface area contributed by atoms with Gasteiger partial charge in [0.15, 0.2) is 24.1 Å². The Hall–Kier alpha value is -3.96. The van der Waals surface area contributed by atoms with Gasteiger partial charge in [0.25, 0.3) is 11.8 Å². The molecule has 4 N–H and O–H groups in total. The summed E-state index contributed by atoms with van der Waals surface area (Å²) in [6, 6.07) is 2.56. The average molecular weight is 592 g/mol. The molecule has 1 unspecified atom stereocenters. The summed E-state index contributed by atoms with van der Waals surface area (Å²) in [5, 5.41) is 26.4. The molecule has 0 saturated carbocycles. The van der Waals surface area contributed by atoms with Gasteiger partial charge in [0.2, 0.25) is 11.5 Å². The minimum absolute atomic E-state index is 0.0392. The predicted molar refractivity (Wildman–Crippen MR) is 139 cm³/mol. The van der Waals surface area contributed by atoms with Crippen LogP contribution in [0.4, 0.5) is 5.13 Å². The lowest BCUT2D eigenvalue weighted by atomic mass is 10.0. The summed E-state index contributed by atoms with van der Waals surface area (Å²) in [5.41, 5.74) is 5.44. The molecule has 1 saturated heterocycles. The van der Waals surface area contributed by atoms with E-state index in [0.29, 0.717) is 12.1 Å². The van der Waals surface area contributed by atoms with Gasteiger partial charge in [0.1, 0.15) is 18.5 Å². The number of carbonyl (C=O) groups is 4. The number of aliphatic carboxylic acids is 2. The number of allylic oxidation sites excluding steroid dienone is 2. The molecule has 4 heterocycles. The number of nitrogens with one attached hydrogen (secondary N) is 1. The van der Waals surface area contributed by atoms with E-state index in [0.717, 1.165) is 21.3 Å². The fraction of sp³-hybridized carbons (Fsp3) is 0.273. The van der Waals surface area contributed by atoms with E-state index in [1.165, 1.54) is 30.6 Å². The maximum Gasteiger partial charge on any atom is 0.313 e. The lowest BCUT2D eigenvalue weighted by Gasteiger charge is -2.50. The Morgan fingerprint density at radius 1 is 1.41 bits per heavy atom. The second-order valence-corrected chi connectivity index (χ2v) is 10.9. The van der Waals surface area contributed by atoms with E-state index >= 15 is 0 Å². The third kappa shape index (κ3) is 6.37. The van der Waals surface area contributed by atoms with Gasteiger partial charge in [-0.1, -0.05) is 11.2 Å². The van der Waals surface area contributed by atoms with Gasteiger partial charge in [0.05, 0.1) is 17.4 Å². The number of carboxylic acids is 2. The zero-order valence-corrected chi connectivity index (χ0v) is 22.6. The van der Waals surface area contributed by atoms with Crippen LogP contribution in [0.25, 0.3) is 0 Å². The fourth-order valence-corrected chi connectivity index (χ4v) is 6.06. The van der Waals surface area contributed by atoms with Crippen LogP contribution in [0.15, 0.2) is 58.0 Å². The third-order valence-corrected chi connectivity index (χ3v) is 8.23. The van der Waals surface area contributed by atoms with Crippen LogP contribution in [0.3, 0.4) is 0 Å². The largest absolute Gasteiger partial charge is 0.543 e. The van der Waals surface area contributed by atoms with Gasteiger partial charge in [-0.25, -0.2) is 4.57 Å². The molecule has 0 aromatic carbocycles. The maximum atomic E-state index is 12.9. The number of anilines is 1. The lowest BCUT2D eigenvalue weighted by molar-refractivity contribution is -0.687. The number of pyridine rings is 1. The van der Waals surface area contributed by atoms with Crippen LogP contribution >= 0.6 is 35.1 Å². The van der Waals surface area contributed by atoms with E-state index in [2.05, 4.69) is 19.8 Å². The number of hydrogen-bond acceptors (Lipinski definition) is 13. The Morgan fingerprint density at radius 2 is 2.15 bits per heavy atom. The minimum atomic E-state index is -1.51. The zero-order chi connectivity index (χ0) is 28.1. The number of thioether (sulfide) groups is 2. The van der Waals surface area contributed by atoms with Gasteiger partial charge in [-0.05, 0) is 11.6 Å². The third-order valence-electron chi connectivity index (χ3n) is 5.39. The standard InChI is InChI=1S/C22H21N7O7S3/c1-36-26-14(17-25-22(23)39-27-17)18(32)24-15-19(33)29-16(21(34)35)11(9-38-20(15)29)3-2-6-28-7-4-12(5-8-28)37-10-13(30)31/h2-5,7-8,15,20H,6,9-10H2,1H3,(H4-,23,24,25,27,30,31,32,34,35)/t15?,20-/m1/s1. The molecule has 0 radical (unpaired) electrons. The van der Waals surface area contributed by atoms with Crippen LogP contribution in [-0.2, 0) is 30.6 Å². The molecule has 2 aliphatic heterocycles. The summed E-state index contributed by atoms with van der Waals surface area (Å²) in [4.78, 5) is 58.9. The molecule has 2 aliphatic rings. The van der Waals surface area contributed by atoms with Crippen molar-refractivity contribution in [1.29, 1.82) is 0 Å². The van der Waals surface area contributed by atoms with Crippen molar-refractivity contribution < 1.29 is 38.8 Å². The molecule has 1 fully saturated rings. The first kappa shape index (κ1) is 28.1. The first-order chi connectivity index (χ1) is 18.7. The predicted octanol–water partition coefficient (Wildman–Crippen LogP) is -1.40. The highest BCUT2D eigenvalue weighted by Crippen LogP contribution is 2.40. The number of aromatic nitrogens is 3. The number of oxime groups is 1. The lowest BCUT2D eigenvalue weighted by Crippen LogP contribution is -2.71. The van der Waals surface area contributed by atoms with E-state index in [1.807, 2.05) is 4.57 Å². The summed E-state index contributed by atoms with van der Waals surface area (Å²) in [6.07, 6.45) is 6.91. The zero-order valence-electron chi connectivity index (χ0n) is 20.2. The van der Waals surface area contributed by atoms with E-state index < -0.39 is 35.2 Å². The molecule has 2 aromatic heterocycles. The second kappa shape index (κ2) is 12.3. The van der Waals surface area contributed by atoms with Crippen molar-refractivity contribution in [1.82, 2.24) is 19.6 Å². The highest BCUT2D eigenvalue weighted by molar-refractivity contribution is 8.00. The van der Waals surface area contributed by atoms with Gasteiger partial charge >= 0.3 is 5.97 Å². The molecule has 2 atom stereocenters. The minimum Gasteiger partial charge on any atom is -0.543 e. The van der Waals surface area contributed by atoms with Crippen LogP contribution in [0.2, 0.25) is 0 Å². The number of nitrogens with zero attached hydrogens (tertiary/aromatic N) is 5. The van der Waals surface area contributed by atoms with Crippen molar-refractivity contribution in [2.24, 2.45) is 5.16 Å². The van der Waals surface area contributed by atoms with Crippen LogP contribution in [0.1, 0.15) is 5.82 Å². The van der Waals surface area contributed by atoms with Crippen molar-refractivity contribution in [3.63, 3.8) is 0 Å². The molecule has 2 amide bonds. The molecule has 17 heteroatoms. The Bertz CT molecular complexity index is 1390. The van der Waals surface area contributed by atoms with Crippen molar-refractivity contribution in [3.8, 4) is 0 Å². The SMILES string of the molecule is CON=C(C(=O)NC1C(=O)N2C(C(=O)[O-])=C(C=CC[n+]3ccc(SCC(=O)O)cc3)CS[C@H]12)c1nsc(N)n1. The Labute approximate surface area is 233 Å². The number of nitrogen functional groups attached to an aromatic ring is 1. The van der Waals surface area contributed by atoms with E-state index in [-0.39, 0.29) is 33.9 Å². The van der Waals surface area contributed by atoms with Crippen LogP contribution in [-0.4, -0.2) is 78.9 Å². The number of carboxylic acid groups (broad SMARTS) is 2. The quantitative estimate of drug-likeness (QED) is 0.0907.